The highest BCUT2D eigenvalue weighted by atomic mass is 32.2. The molecule has 0 aliphatic carbocycles. The number of aromatic nitrogens is 2. The van der Waals surface area contributed by atoms with Gasteiger partial charge in [-0.25, -0.2) is 4.98 Å². The van der Waals surface area contributed by atoms with Gasteiger partial charge in [0.05, 0.1) is 5.69 Å². The van der Waals surface area contributed by atoms with E-state index in [1.165, 1.54) is 29.9 Å². The van der Waals surface area contributed by atoms with Gasteiger partial charge in [0.2, 0.25) is 0 Å². The van der Waals surface area contributed by atoms with E-state index in [2.05, 4.69) is 40.8 Å². The first-order valence-corrected chi connectivity index (χ1v) is 6.45. The second-order valence-corrected chi connectivity index (χ2v) is 5.45. The average Bonchev–Trinajstić information content (AvgIpc) is 2.84. The molecule has 3 rings (SSSR count). The Hall–Kier alpha value is -0.960. The van der Waals surface area contributed by atoms with Gasteiger partial charge in [-0.2, -0.15) is 11.8 Å². The van der Waals surface area contributed by atoms with Crippen molar-refractivity contribution in [2.45, 2.75) is 25.0 Å². The van der Waals surface area contributed by atoms with E-state index in [1.54, 1.807) is 0 Å². The SMILES string of the molecule is Cc1ccc2nc(C3CCCS3)cn2c1. The summed E-state index contributed by atoms with van der Waals surface area (Å²) in [6.45, 7) is 2.11. The van der Waals surface area contributed by atoms with Crippen LogP contribution >= 0.6 is 11.8 Å². The van der Waals surface area contributed by atoms with Crippen LogP contribution in [0.3, 0.4) is 0 Å². The van der Waals surface area contributed by atoms with Crippen LogP contribution in [0.4, 0.5) is 0 Å². The summed E-state index contributed by atoms with van der Waals surface area (Å²) in [5, 5.41) is 0.630. The molecule has 1 unspecified atom stereocenters. The van der Waals surface area contributed by atoms with Gasteiger partial charge in [0.25, 0.3) is 0 Å². The van der Waals surface area contributed by atoms with Crippen LogP contribution in [0.5, 0.6) is 0 Å². The number of rotatable bonds is 1. The fraction of sp³-hybridized carbons (Fsp3) is 0.417. The Balaban J connectivity index is 2.05. The minimum atomic E-state index is 0.630. The second kappa shape index (κ2) is 3.56. The molecule has 1 aliphatic rings. The van der Waals surface area contributed by atoms with Gasteiger partial charge in [-0.15, -0.1) is 0 Å². The van der Waals surface area contributed by atoms with E-state index in [-0.39, 0.29) is 0 Å². The number of thioether (sulfide) groups is 1. The number of hydrogen-bond acceptors (Lipinski definition) is 2. The molecule has 0 N–H and O–H groups in total. The third kappa shape index (κ3) is 1.65. The third-order valence-corrected chi connectivity index (χ3v) is 4.28. The minimum absolute atomic E-state index is 0.630. The lowest BCUT2D eigenvalue weighted by atomic mass is 10.2. The molecule has 1 saturated heterocycles. The molecule has 2 aromatic rings. The smallest absolute Gasteiger partial charge is 0.137 e. The summed E-state index contributed by atoms with van der Waals surface area (Å²) in [4.78, 5) is 4.68. The molecule has 15 heavy (non-hydrogen) atoms. The number of hydrogen-bond donors (Lipinski definition) is 0. The molecule has 0 saturated carbocycles. The molecule has 1 atom stereocenters. The molecular weight excluding hydrogens is 204 g/mol. The summed E-state index contributed by atoms with van der Waals surface area (Å²) in [6, 6.07) is 4.21. The maximum atomic E-state index is 4.68. The van der Waals surface area contributed by atoms with Crippen molar-refractivity contribution in [3.05, 3.63) is 35.8 Å². The van der Waals surface area contributed by atoms with Crippen molar-refractivity contribution < 1.29 is 0 Å². The van der Waals surface area contributed by atoms with Gasteiger partial charge in [0.15, 0.2) is 0 Å². The van der Waals surface area contributed by atoms with Crippen LogP contribution in [-0.2, 0) is 0 Å². The number of fused-ring (bicyclic) bond motifs is 1. The molecule has 0 amide bonds. The zero-order valence-corrected chi connectivity index (χ0v) is 9.63. The predicted molar refractivity (Wildman–Crippen MR) is 64.4 cm³/mol. The molecule has 0 radical (unpaired) electrons. The van der Waals surface area contributed by atoms with E-state index in [1.807, 2.05) is 11.8 Å². The molecular formula is C12H14N2S. The van der Waals surface area contributed by atoms with E-state index in [0.29, 0.717) is 5.25 Å². The highest BCUT2D eigenvalue weighted by molar-refractivity contribution is 7.99. The van der Waals surface area contributed by atoms with Crippen LogP contribution in [-0.4, -0.2) is 15.1 Å². The zero-order chi connectivity index (χ0) is 10.3. The van der Waals surface area contributed by atoms with Gasteiger partial charge in [-0.1, -0.05) is 6.07 Å². The molecule has 0 spiro atoms. The molecule has 3 heteroatoms. The largest absolute Gasteiger partial charge is 0.307 e. The van der Waals surface area contributed by atoms with Crippen LogP contribution in [0.25, 0.3) is 5.65 Å². The number of nitrogens with zero attached hydrogens (tertiary/aromatic N) is 2. The second-order valence-electron chi connectivity index (χ2n) is 4.14. The summed E-state index contributed by atoms with van der Waals surface area (Å²) in [5.74, 6) is 1.29. The highest BCUT2D eigenvalue weighted by Crippen LogP contribution is 2.39. The van der Waals surface area contributed by atoms with E-state index in [0.717, 1.165) is 5.65 Å². The van der Waals surface area contributed by atoms with Gasteiger partial charge in [0, 0.05) is 17.6 Å². The van der Waals surface area contributed by atoms with Crippen molar-refractivity contribution >= 4 is 17.4 Å². The fourth-order valence-electron chi connectivity index (χ4n) is 2.09. The Kier molecular flexibility index (Phi) is 2.20. The Bertz CT molecular complexity index is 483. The summed E-state index contributed by atoms with van der Waals surface area (Å²) >= 11 is 2.04. The van der Waals surface area contributed by atoms with Crippen LogP contribution in [0, 0.1) is 6.92 Å². The van der Waals surface area contributed by atoms with Crippen LogP contribution in [0.2, 0.25) is 0 Å². The van der Waals surface area contributed by atoms with Gasteiger partial charge < -0.3 is 4.40 Å². The Morgan fingerprint density at radius 2 is 2.33 bits per heavy atom. The Morgan fingerprint density at radius 1 is 1.40 bits per heavy atom. The topological polar surface area (TPSA) is 17.3 Å². The van der Waals surface area contributed by atoms with Gasteiger partial charge in [0.1, 0.15) is 5.65 Å². The third-order valence-electron chi connectivity index (χ3n) is 2.88. The predicted octanol–water partition coefficient (Wildman–Crippen LogP) is 3.21. The number of imidazole rings is 1. The monoisotopic (exact) mass is 218 g/mol. The molecule has 1 fully saturated rings. The summed E-state index contributed by atoms with van der Waals surface area (Å²) in [5.41, 5.74) is 3.61. The molecule has 2 aromatic heterocycles. The van der Waals surface area contributed by atoms with E-state index < -0.39 is 0 Å². The molecule has 78 valence electrons. The lowest BCUT2D eigenvalue weighted by Crippen LogP contribution is -1.87. The Morgan fingerprint density at radius 3 is 3.13 bits per heavy atom. The summed E-state index contributed by atoms with van der Waals surface area (Å²) in [7, 11) is 0. The van der Waals surface area contributed by atoms with Crippen molar-refractivity contribution in [1.82, 2.24) is 9.38 Å². The van der Waals surface area contributed by atoms with Crippen LogP contribution in [0.15, 0.2) is 24.5 Å². The number of pyridine rings is 1. The standard InChI is InChI=1S/C12H14N2S/c1-9-4-5-12-13-10(8-14(12)7-9)11-3-2-6-15-11/h4-5,7-8,11H,2-3,6H2,1H3. The first-order chi connectivity index (χ1) is 7.33. The van der Waals surface area contributed by atoms with Gasteiger partial charge in [-0.3, -0.25) is 0 Å². The normalized spacial score (nSPS) is 21.3. The fourth-order valence-corrected chi connectivity index (χ4v) is 3.32. The van der Waals surface area contributed by atoms with Crippen LogP contribution < -0.4 is 0 Å². The highest BCUT2D eigenvalue weighted by Gasteiger charge is 2.20. The summed E-state index contributed by atoms with van der Waals surface area (Å²) in [6.07, 6.45) is 6.95. The van der Waals surface area contributed by atoms with Gasteiger partial charge in [-0.05, 0) is 37.1 Å². The average molecular weight is 218 g/mol. The van der Waals surface area contributed by atoms with Crippen LogP contribution in [0.1, 0.15) is 29.3 Å². The van der Waals surface area contributed by atoms with Crippen molar-refractivity contribution in [2.75, 3.05) is 5.75 Å². The molecule has 2 nitrogen and oxygen atoms in total. The van der Waals surface area contributed by atoms with Crippen molar-refractivity contribution in [3.63, 3.8) is 0 Å². The minimum Gasteiger partial charge on any atom is -0.307 e. The molecule has 1 aliphatic heterocycles. The molecule has 3 heterocycles. The van der Waals surface area contributed by atoms with E-state index >= 15 is 0 Å². The maximum absolute atomic E-state index is 4.68. The lowest BCUT2D eigenvalue weighted by molar-refractivity contribution is 0.813. The number of aryl methyl sites for hydroxylation is 1. The van der Waals surface area contributed by atoms with Crippen molar-refractivity contribution in [3.8, 4) is 0 Å². The van der Waals surface area contributed by atoms with E-state index in [4.69, 9.17) is 0 Å². The lowest BCUT2D eigenvalue weighted by Gasteiger charge is -2.01. The first kappa shape index (κ1) is 9.28. The van der Waals surface area contributed by atoms with Crippen molar-refractivity contribution in [2.24, 2.45) is 0 Å². The zero-order valence-electron chi connectivity index (χ0n) is 8.81. The Labute approximate surface area is 93.7 Å². The van der Waals surface area contributed by atoms with Crippen molar-refractivity contribution in [1.29, 1.82) is 0 Å². The maximum Gasteiger partial charge on any atom is 0.137 e. The van der Waals surface area contributed by atoms with E-state index in [9.17, 15) is 0 Å². The first-order valence-electron chi connectivity index (χ1n) is 5.40. The molecule has 0 bridgehead atoms. The summed E-state index contributed by atoms with van der Waals surface area (Å²) < 4.78 is 2.14. The quantitative estimate of drug-likeness (QED) is 0.731. The van der Waals surface area contributed by atoms with Gasteiger partial charge >= 0.3 is 0 Å². The molecule has 0 aromatic carbocycles.